The minimum Gasteiger partial charge on any atom is -0.456 e. The molecule has 1 aromatic heterocycles. The molecule has 0 unspecified atom stereocenters. The summed E-state index contributed by atoms with van der Waals surface area (Å²) in [5.41, 5.74) is 4.22. The number of hydrogen-bond donors (Lipinski definition) is 1. The molecule has 1 N–H and O–H groups in total. The summed E-state index contributed by atoms with van der Waals surface area (Å²) in [7, 11) is 0. The van der Waals surface area contributed by atoms with E-state index in [1.807, 2.05) is 62.4 Å². The van der Waals surface area contributed by atoms with Crippen molar-refractivity contribution in [2.75, 3.05) is 6.61 Å². The second-order valence-electron chi connectivity index (χ2n) is 6.85. The van der Waals surface area contributed by atoms with Crippen LogP contribution in [0, 0.1) is 13.8 Å². The Morgan fingerprint density at radius 3 is 2.59 bits per heavy atom. The van der Waals surface area contributed by atoms with Gasteiger partial charge in [0.1, 0.15) is 0 Å². The normalized spacial score (nSPS) is 10.6. The maximum atomic E-state index is 11.9. The Kier molecular flexibility index (Phi) is 6.79. The summed E-state index contributed by atoms with van der Waals surface area (Å²) in [5, 5.41) is 2.75. The number of benzene rings is 2. The SMILES string of the molecule is Cc1ccc(-c2cnc(CCC(=O)OCC(=O)NCc3ccccc3C)o2)cc1. The van der Waals surface area contributed by atoms with Crippen molar-refractivity contribution in [3.8, 4) is 11.3 Å². The lowest BCUT2D eigenvalue weighted by atomic mass is 10.1. The Morgan fingerprint density at radius 1 is 1.07 bits per heavy atom. The van der Waals surface area contributed by atoms with Crippen molar-refractivity contribution in [1.82, 2.24) is 10.3 Å². The summed E-state index contributed by atoms with van der Waals surface area (Å²) in [6.07, 6.45) is 2.05. The number of ether oxygens (including phenoxy) is 1. The maximum absolute atomic E-state index is 11.9. The summed E-state index contributed by atoms with van der Waals surface area (Å²) < 4.78 is 10.7. The highest BCUT2D eigenvalue weighted by Crippen LogP contribution is 2.21. The van der Waals surface area contributed by atoms with Crippen LogP contribution in [0.4, 0.5) is 0 Å². The van der Waals surface area contributed by atoms with Gasteiger partial charge in [-0.25, -0.2) is 4.98 Å². The van der Waals surface area contributed by atoms with Gasteiger partial charge in [-0.2, -0.15) is 0 Å². The first-order valence-corrected chi connectivity index (χ1v) is 9.50. The first kappa shape index (κ1) is 20.3. The summed E-state index contributed by atoms with van der Waals surface area (Å²) in [5.74, 6) is 0.316. The van der Waals surface area contributed by atoms with E-state index in [0.717, 1.165) is 16.7 Å². The van der Waals surface area contributed by atoms with E-state index in [0.29, 0.717) is 24.6 Å². The fourth-order valence-electron chi connectivity index (χ4n) is 2.76. The van der Waals surface area contributed by atoms with Crippen LogP contribution in [0.25, 0.3) is 11.3 Å². The van der Waals surface area contributed by atoms with Gasteiger partial charge in [-0.3, -0.25) is 9.59 Å². The van der Waals surface area contributed by atoms with Crippen molar-refractivity contribution < 1.29 is 18.7 Å². The van der Waals surface area contributed by atoms with Crippen molar-refractivity contribution >= 4 is 11.9 Å². The molecule has 0 aliphatic rings. The average molecular weight is 392 g/mol. The molecule has 2 aromatic carbocycles. The topological polar surface area (TPSA) is 81.4 Å². The van der Waals surface area contributed by atoms with Gasteiger partial charge in [0, 0.05) is 18.5 Å². The van der Waals surface area contributed by atoms with Crippen LogP contribution in [-0.4, -0.2) is 23.5 Å². The predicted octanol–water partition coefficient (Wildman–Crippen LogP) is 3.75. The molecule has 0 aliphatic carbocycles. The molecule has 6 nitrogen and oxygen atoms in total. The fourth-order valence-corrected chi connectivity index (χ4v) is 2.76. The predicted molar refractivity (Wildman–Crippen MR) is 109 cm³/mol. The van der Waals surface area contributed by atoms with Crippen LogP contribution < -0.4 is 5.32 Å². The van der Waals surface area contributed by atoms with Gasteiger partial charge in [-0.1, -0.05) is 54.1 Å². The Balaban J connectivity index is 1.39. The third-order valence-electron chi connectivity index (χ3n) is 4.53. The van der Waals surface area contributed by atoms with Crippen LogP contribution in [0.5, 0.6) is 0 Å². The molecule has 0 saturated heterocycles. The number of carbonyl (C=O) groups excluding carboxylic acids is 2. The van der Waals surface area contributed by atoms with E-state index in [4.69, 9.17) is 9.15 Å². The Hall–Kier alpha value is -3.41. The first-order chi connectivity index (χ1) is 14.0. The monoisotopic (exact) mass is 392 g/mol. The number of nitrogens with zero attached hydrogens (tertiary/aromatic N) is 1. The molecule has 1 heterocycles. The van der Waals surface area contributed by atoms with E-state index in [1.165, 1.54) is 5.56 Å². The van der Waals surface area contributed by atoms with E-state index in [-0.39, 0.29) is 18.9 Å². The molecular formula is C23H24N2O4. The molecule has 3 rings (SSSR count). The highest BCUT2D eigenvalue weighted by molar-refractivity contribution is 5.80. The number of aromatic nitrogens is 1. The molecule has 29 heavy (non-hydrogen) atoms. The van der Waals surface area contributed by atoms with Crippen LogP contribution in [0.1, 0.15) is 29.0 Å². The number of amides is 1. The molecule has 6 heteroatoms. The van der Waals surface area contributed by atoms with Crippen molar-refractivity contribution in [3.63, 3.8) is 0 Å². The highest BCUT2D eigenvalue weighted by atomic mass is 16.5. The number of carbonyl (C=O) groups is 2. The number of esters is 1. The summed E-state index contributed by atoms with van der Waals surface area (Å²) in [6.45, 7) is 4.10. The van der Waals surface area contributed by atoms with E-state index in [2.05, 4.69) is 10.3 Å². The Bertz CT molecular complexity index is 977. The van der Waals surface area contributed by atoms with Crippen molar-refractivity contribution in [2.45, 2.75) is 33.2 Å². The van der Waals surface area contributed by atoms with Gasteiger partial charge < -0.3 is 14.5 Å². The van der Waals surface area contributed by atoms with Crippen LogP contribution in [0.3, 0.4) is 0 Å². The number of nitrogens with one attached hydrogen (secondary N) is 1. The quantitative estimate of drug-likeness (QED) is 0.591. The molecule has 150 valence electrons. The lowest BCUT2D eigenvalue weighted by Gasteiger charge is -2.08. The van der Waals surface area contributed by atoms with Gasteiger partial charge in [0.2, 0.25) is 0 Å². The standard InChI is InChI=1S/C23H24N2O4/c1-16-7-9-18(10-8-16)20-14-25-22(29-20)11-12-23(27)28-15-21(26)24-13-19-6-4-3-5-17(19)2/h3-10,14H,11-13,15H2,1-2H3,(H,24,26). The number of aryl methyl sites for hydroxylation is 3. The first-order valence-electron chi connectivity index (χ1n) is 9.50. The molecular weight excluding hydrogens is 368 g/mol. The van der Waals surface area contributed by atoms with Crippen molar-refractivity contribution in [1.29, 1.82) is 0 Å². The Labute approximate surface area is 169 Å². The Morgan fingerprint density at radius 2 is 1.83 bits per heavy atom. The third-order valence-corrected chi connectivity index (χ3v) is 4.53. The number of rotatable bonds is 8. The molecule has 0 atom stereocenters. The largest absolute Gasteiger partial charge is 0.456 e. The molecule has 0 spiro atoms. The minimum atomic E-state index is -0.467. The molecule has 0 bridgehead atoms. The summed E-state index contributed by atoms with van der Waals surface area (Å²) in [4.78, 5) is 28.0. The minimum absolute atomic E-state index is 0.0962. The van der Waals surface area contributed by atoms with Crippen LogP contribution >= 0.6 is 0 Å². The van der Waals surface area contributed by atoms with E-state index in [1.54, 1.807) is 6.20 Å². The van der Waals surface area contributed by atoms with Gasteiger partial charge >= 0.3 is 5.97 Å². The second kappa shape index (κ2) is 9.68. The number of oxazole rings is 1. The second-order valence-corrected chi connectivity index (χ2v) is 6.85. The lowest BCUT2D eigenvalue weighted by Crippen LogP contribution is -2.28. The van der Waals surface area contributed by atoms with Crippen LogP contribution in [-0.2, 0) is 27.3 Å². The molecule has 0 fully saturated rings. The van der Waals surface area contributed by atoms with Gasteiger partial charge in [-0.15, -0.1) is 0 Å². The maximum Gasteiger partial charge on any atom is 0.306 e. The van der Waals surface area contributed by atoms with Crippen LogP contribution in [0.15, 0.2) is 59.1 Å². The summed E-state index contributed by atoms with van der Waals surface area (Å²) >= 11 is 0. The lowest BCUT2D eigenvalue weighted by molar-refractivity contribution is -0.148. The molecule has 0 saturated carbocycles. The van der Waals surface area contributed by atoms with Crippen molar-refractivity contribution in [2.24, 2.45) is 0 Å². The molecule has 0 aliphatic heterocycles. The average Bonchev–Trinajstić information content (AvgIpc) is 3.19. The van der Waals surface area contributed by atoms with Crippen molar-refractivity contribution in [3.05, 3.63) is 77.3 Å². The zero-order valence-electron chi connectivity index (χ0n) is 16.6. The van der Waals surface area contributed by atoms with Gasteiger partial charge in [0.15, 0.2) is 18.3 Å². The zero-order valence-corrected chi connectivity index (χ0v) is 16.6. The molecule has 1 amide bonds. The van der Waals surface area contributed by atoms with Gasteiger partial charge in [-0.05, 0) is 25.0 Å². The van der Waals surface area contributed by atoms with E-state index in [9.17, 15) is 9.59 Å². The van der Waals surface area contributed by atoms with Crippen LogP contribution in [0.2, 0.25) is 0 Å². The highest BCUT2D eigenvalue weighted by Gasteiger charge is 2.11. The van der Waals surface area contributed by atoms with Gasteiger partial charge in [0.25, 0.3) is 5.91 Å². The summed E-state index contributed by atoms with van der Waals surface area (Å²) in [6, 6.07) is 15.7. The smallest absolute Gasteiger partial charge is 0.306 e. The fraction of sp³-hybridized carbons (Fsp3) is 0.261. The molecule has 3 aromatic rings. The number of hydrogen-bond acceptors (Lipinski definition) is 5. The third kappa shape index (κ3) is 6.04. The van der Waals surface area contributed by atoms with Gasteiger partial charge in [0.05, 0.1) is 12.6 Å². The zero-order chi connectivity index (χ0) is 20.6. The van der Waals surface area contributed by atoms with E-state index >= 15 is 0 Å². The van der Waals surface area contributed by atoms with E-state index < -0.39 is 5.97 Å². The molecule has 0 radical (unpaired) electrons.